The SMILES string of the molecule is CC(C)CCNC(=O)NC(=O)CN1CCN(S(=O)(=O)c2ccc(F)cc2)CC1. The normalized spacial score (nSPS) is 16.1. The van der Waals surface area contributed by atoms with Crippen LogP contribution in [0.3, 0.4) is 0 Å². The van der Waals surface area contributed by atoms with Crippen LogP contribution in [0.2, 0.25) is 0 Å². The van der Waals surface area contributed by atoms with Gasteiger partial charge >= 0.3 is 6.03 Å². The first-order valence-electron chi connectivity index (χ1n) is 9.24. The Kier molecular flexibility index (Phi) is 7.90. The maximum absolute atomic E-state index is 13.0. The predicted octanol–water partition coefficient (Wildman–Crippen LogP) is 1.00. The van der Waals surface area contributed by atoms with Crippen LogP contribution in [0, 0.1) is 11.7 Å². The van der Waals surface area contributed by atoms with Crippen molar-refractivity contribution in [3.05, 3.63) is 30.1 Å². The van der Waals surface area contributed by atoms with E-state index in [1.165, 1.54) is 16.4 Å². The summed E-state index contributed by atoms with van der Waals surface area (Å²) in [6, 6.07) is 4.17. The van der Waals surface area contributed by atoms with Crippen LogP contribution in [-0.2, 0) is 14.8 Å². The van der Waals surface area contributed by atoms with E-state index in [-0.39, 0.29) is 24.5 Å². The number of benzene rings is 1. The molecule has 1 heterocycles. The summed E-state index contributed by atoms with van der Waals surface area (Å²) in [4.78, 5) is 25.5. The summed E-state index contributed by atoms with van der Waals surface area (Å²) in [5.74, 6) is -0.474. The highest BCUT2D eigenvalue weighted by atomic mass is 32.2. The fourth-order valence-corrected chi connectivity index (χ4v) is 4.19. The lowest BCUT2D eigenvalue weighted by atomic mass is 10.1. The number of nitrogens with one attached hydrogen (secondary N) is 2. The van der Waals surface area contributed by atoms with Crippen molar-refractivity contribution < 1.29 is 22.4 Å². The van der Waals surface area contributed by atoms with E-state index in [1.54, 1.807) is 4.90 Å². The number of hydrogen-bond acceptors (Lipinski definition) is 5. The fourth-order valence-electron chi connectivity index (χ4n) is 2.77. The molecule has 2 rings (SSSR count). The second-order valence-corrected chi connectivity index (χ2v) is 9.06. The highest BCUT2D eigenvalue weighted by molar-refractivity contribution is 7.89. The van der Waals surface area contributed by atoms with Gasteiger partial charge in [-0.1, -0.05) is 13.8 Å². The van der Waals surface area contributed by atoms with Crippen molar-refractivity contribution in [3.8, 4) is 0 Å². The maximum Gasteiger partial charge on any atom is 0.321 e. The van der Waals surface area contributed by atoms with Crippen LogP contribution in [0.1, 0.15) is 20.3 Å². The Hall–Kier alpha value is -2.04. The van der Waals surface area contributed by atoms with Gasteiger partial charge in [-0.25, -0.2) is 17.6 Å². The second kappa shape index (κ2) is 9.94. The van der Waals surface area contributed by atoms with Gasteiger partial charge in [-0.2, -0.15) is 4.31 Å². The van der Waals surface area contributed by atoms with Gasteiger partial charge < -0.3 is 5.32 Å². The molecule has 1 fully saturated rings. The average Bonchev–Trinajstić information content (AvgIpc) is 2.62. The van der Waals surface area contributed by atoms with Crippen LogP contribution >= 0.6 is 0 Å². The van der Waals surface area contributed by atoms with Crippen molar-refractivity contribution in [2.24, 2.45) is 5.92 Å². The van der Waals surface area contributed by atoms with Crippen LogP contribution in [0.25, 0.3) is 0 Å². The Labute approximate surface area is 165 Å². The molecular formula is C18H27FN4O4S. The van der Waals surface area contributed by atoms with Crippen LogP contribution in [-0.4, -0.2) is 68.8 Å². The Morgan fingerprint density at radius 3 is 2.29 bits per heavy atom. The zero-order valence-corrected chi connectivity index (χ0v) is 17.0. The number of nitrogens with zero attached hydrogens (tertiary/aromatic N) is 2. The van der Waals surface area contributed by atoms with Crippen LogP contribution in [0.4, 0.5) is 9.18 Å². The molecular weight excluding hydrogens is 387 g/mol. The highest BCUT2D eigenvalue weighted by Gasteiger charge is 2.29. The number of piperazine rings is 1. The van der Waals surface area contributed by atoms with Gasteiger partial charge in [0.1, 0.15) is 5.82 Å². The Morgan fingerprint density at radius 2 is 1.71 bits per heavy atom. The number of sulfonamides is 1. The van der Waals surface area contributed by atoms with E-state index in [4.69, 9.17) is 0 Å². The van der Waals surface area contributed by atoms with Crippen molar-refractivity contribution >= 4 is 22.0 Å². The first-order chi connectivity index (χ1) is 13.2. The molecule has 0 saturated carbocycles. The lowest BCUT2D eigenvalue weighted by Crippen LogP contribution is -2.52. The molecule has 1 aromatic rings. The van der Waals surface area contributed by atoms with Gasteiger partial charge in [0.25, 0.3) is 0 Å². The van der Waals surface area contributed by atoms with E-state index in [2.05, 4.69) is 10.6 Å². The lowest BCUT2D eigenvalue weighted by Gasteiger charge is -2.33. The summed E-state index contributed by atoms with van der Waals surface area (Å²) in [6.45, 7) is 5.76. The minimum absolute atomic E-state index is 0.0159. The third-order valence-electron chi connectivity index (χ3n) is 4.41. The standard InChI is InChI=1S/C18H27FN4O4S/c1-14(2)7-8-20-18(25)21-17(24)13-22-9-11-23(12-10-22)28(26,27)16-5-3-15(19)4-6-16/h3-6,14H,7-13H2,1-2H3,(H2,20,21,24,25). The van der Waals surface area contributed by atoms with Crippen molar-refractivity contribution in [1.82, 2.24) is 19.8 Å². The molecule has 0 radical (unpaired) electrons. The van der Waals surface area contributed by atoms with Gasteiger partial charge in [-0.05, 0) is 36.6 Å². The molecule has 0 spiro atoms. The highest BCUT2D eigenvalue weighted by Crippen LogP contribution is 2.17. The molecule has 1 aliphatic heterocycles. The smallest absolute Gasteiger partial charge is 0.321 e. The van der Waals surface area contributed by atoms with Crippen LogP contribution in [0.15, 0.2) is 29.2 Å². The molecule has 10 heteroatoms. The van der Waals surface area contributed by atoms with E-state index in [9.17, 15) is 22.4 Å². The molecule has 0 aliphatic carbocycles. The van der Waals surface area contributed by atoms with Gasteiger partial charge in [-0.15, -0.1) is 0 Å². The van der Waals surface area contributed by atoms with Gasteiger partial charge in [0.15, 0.2) is 0 Å². The molecule has 156 valence electrons. The zero-order chi connectivity index (χ0) is 20.7. The Balaban J connectivity index is 1.78. The first-order valence-corrected chi connectivity index (χ1v) is 10.7. The summed E-state index contributed by atoms with van der Waals surface area (Å²) in [5.41, 5.74) is 0. The number of halogens is 1. The molecule has 28 heavy (non-hydrogen) atoms. The summed E-state index contributed by atoms with van der Waals surface area (Å²) in [6.07, 6.45) is 0.825. The van der Waals surface area contributed by atoms with E-state index in [1.807, 2.05) is 13.8 Å². The van der Waals surface area contributed by atoms with Crippen molar-refractivity contribution in [1.29, 1.82) is 0 Å². The second-order valence-electron chi connectivity index (χ2n) is 7.12. The number of hydrogen-bond donors (Lipinski definition) is 2. The lowest BCUT2D eigenvalue weighted by molar-refractivity contribution is -0.121. The molecule has 0 atom stereocenters. The maximum atomic E-state index is 13.0. The zero-order valence-electron chi connectivity index (χ0n) is 16.2. The minimum atomic E-state index is -3.69. The molecule has 0 aromatic heterocycles. The molecule has 3 amide bonds. The van der Waals surface area contributed by atoms with E-state index in [0.717, 1.165) is 18.6 Å². The number of carbonyl (C=O) groups excluding carboxylic acids is 2. The van der Waals surface area contributed by atoms with Gasteiger partial charge in [0.2, 0.25) is 15.9 Å². The van der Waals surface area contributed by atoms with Crippen LogP contribution < -0.4 is 10.6 Å². The van der Waals surface area contributed by atoms with E-state index >= 15 is 0 Å². The summed E-state index contributed by atoms with van der Waals surface area (Å²) < 4.78 is 39.5. The third-order valence-corrected chi connectivity index (χ3v) is 6.32. The van der Waals surface area contributed by atoms with Gasteiger partial charge in [0, 0.05) is 32.7 Å². The van der Waals surface area contributed by atoms with Crippen molar-refractivity contribution in [3.63, 3.8) is 0 Å². The molecule has 1 aromatic carbocycles. The largest absolute Gasteiger partial charge is 0.338 e. The van der Waals surface area contributed by atoms with Gasteiger partial charge in [-0.3, -0.25) is 15.0 Å². The quantitative estimate of drug-likeness (QED) is 0.694. The number of urea groups is 1. The molecule has 1 saturated heterocycles. The first kappa shape index (κ1) is 22.3. The minimum Gasteiger partial charge on any atom is -0.338 e. The van der Waals surface area contributed by atoms with E-state index in [0.29, 0.717) is 25.6 Å². The predicted molar refractivity (Wildman–Crippen MR) is 103 cm³/mol. The molecule has 0 bridgehead atoms. The summed E-state index contributed by atoms with van der Waals surface area (Å²) >= 11 is 0. The van der Waals surface area contributed by atoms with Crippen molar-refractivity contribution in [2.45, 2.75) is 25.2 Å². The fraction of sp³-hybridized carbons (Fsp3) is 0.556. The number of carbonyl (C=O) groups is 2. The molecule has 2 N–H and O–H groups in total. The third kappa shape index (κ3) is 6.54. The monoisotopic (exact) mass is 414 g/mol. The summed E-state index contributed by atoms with van der Waals surface area (Å²) in [7, 11) is -3.69. The molecule has 0 unspecified atom stereocenters. The summed E-state index contributed by atoms with van der Waals surface area (Å²) in [5, 5.41) is 4.90. The number of amides is 3. The number of imide groups is 1. The molecule has 1 aliphatic rings. The number of rotatable bonds is 7. The average molecular weight is 415 g/mol. The van der Waals surface area contributed by atoms with E-state index < -0.39 is 27.8 Å². The van der Waals surface area contributed by atoms with Crippen LogP contribution in [0.5, 0.6) is 0 Å². The topological polar surface area (TPSA) is 98.8 Å². The Morgan fingerprint density at radius 1 is 1.11 bits per heavy atom. The van der Waals surface area contributed by atoms with Gasteiger partial charge in [0.05, 0.1) is 11.4 Å². The Bertz CT molecular complexity index is 775. The molecule has 8 nitrogen and oxygen atoms in total. The van der Waals surface area contributed by atoms with Crippen molar-refractivity contribution in [2.75, 3.05) is 39.3 Å².